The molecule has 0 spiro atoms. The van der Waals surface area contributed by atoms with Crippen molar-refractivity contribution in [2.75, 3.05) is 5.73 Å². The van der Waals surface area contributed by atoms with Crippen molar-refractivity contribution in [3.63, 3.8) is 0 Å². The number of furan rings is 1. The lowest BCUT2D eigenvalue weighted by molar-refractivity contribution is 0.566. The van der Waals surface area contributed by atoms with Gasteiger partial charge in [0.05, 0.1) is 30.1 Å². The first-order chi connectivity index (χ1) is 6.68. The highest BCUT2D eigenvalue weighted by atomic mass is 16.3. The second-order valence-corrected chi connectivity index (χ2v) is 3.40. The molecule has 14 heavy (non-hydrogen) atoms. The number of rotatable bonds is 1. The van der Waals surface area contributed by atoms with Gasteiger partial charge in [-0.25, -0.2) is 0 Å². The van der Waals surface area contributed by atoms with E-state index in [1.807, 2.05) is 19.9 Å². The molecule has 0 bridgehead atoms. The predicted molar refractivity (Wildman–Crippen MR) is 55.8 cm³/mol. The summed E-state index contributed by atoms with van der Waals surface area (Å²) in [5, 5.41) is 0. The Morgan fingerprint density at radius 2 is 2.00 bits per heavy atom. The Bertz CT molecular complexity index is 460. The molecule has 0 saturated heterocycles. The average Bonchev–Trinajstić information content (AvgIpc) is 2.52. The third-order valence-electron chi connectivity index (χ3n) is 2.21. The third kappa shape index (κ3) is 1.37. The summed E-state index contributed by atoms with van der Waals surface area (Å²) in [5.74, 6) is 0. The molecular weight excluding hydrogens is 176 g/mol. The van der Waals surface area contributed by atoms with Gasteiger partial charge in [0.2, 0.25) is 0 Å². The van der Waals surface area contributed by atoms with Gasteiger partial charge in [-0.15, -0.1) is 0 Å². The smallest absolute Gasteiger partial charge is 0.0999 e. The molecule has 0 saturated carbocycles. The highest BCUT2D eigenvalue weighted by Crippen LogP contribution is 2.25. The van der Waals surface area contributed by atoms with Gasteiger partial charge in [0.25, 0.3) is 0 Å². The summed E-state index contributed by atoms with van der Waals surface area (Å²) in [6.45, 7) is 3.99. The summed E-state index contributed by atoms with van der Waals surface area (Å²) in [6.07, 6.45) is 5.09. The van der Waals surface area contributed by atoms with Crippen molar-refractivity contribution in [2.24, 2.45) is 0 Å². The number of nitrogens with zero attached hydrogens (tertiary/aromatic N) is 1. The van der Waals surface area contributed by atoms with Gasteiger partial charge in [0.15, 0.2) is 0 Å². The number of hydrogen-bond donors (Lipinski definition) is 1. The van der Waals surface area contributed by atoms with Crippen LogP contribution < -0.4 is 5.73 Å². The minimum atomic E-state index is 0.687. The van der Waals surface area contributed by atoms with Crippen LogP contribution in [0.4, 0.5) is 5.69 Å². The Labute approximate surface area is 82.6 Å². The van der Waals surface area contributed by atoms with Crippen molar-refractivity contribution in [3.8, 4) is 11.3 Å². The number of hydrogen-bond acceptors (Lipinski definition) is 3. The maximum Gasteiger partial charge on any atom is 0.0999 e. The quantitative estimate of drug-likeness (QED) is 0.748. The van der Waals surface area contributed by atoms with Gasteiger partial charge < -0.3 is 10.2 Å². The topological polar surface area (TPSA) is 52.0 Å². The third-order valence-corrected chi connectivity index (χ3v) is 2.21. The Hall–Kier alpha value is -1.77. The van der Waals surface area contributed by atoms with E-state index in [0.717, 1.165) is 22.4 Å². The molecule has 2 rings (SSSR count). The van der Waals surface area contributed by atoms with Gasteiger partial charge in [0.1, 0.15) is 0 Å². The van der Waals surface area contributed by atoms with Crippen LogP contribution in [0.5, 0.6) is 0 Å². The molecular formula is C11H12N2O. The van der Waals surface area contributed by atoms with Gasteiger partial charge >= 0.3 is 0 Å². The molecule has 0 atom stereocenters. The fourth-order valence-corrected chi connectivity index (χ4v) is 1.48. The van der Waals surface area contributed by atoms with Gasteiger partial charge in [-0.05, 0) is 31.0 Å². The van der Waals surface area contributed by atoms with E-state index in [1.54, 1.807) is 18.7 Å². The number of nitrogens with two attached hydrogens (primary N) is 1. The zero-order valence-electron chi connectivity index (χ0n) is 8.24. The number of pyridine rings is 1. The van der Waals surface area contributed by atoms with Gasteiger partial charge in [-0.1, -0.05) is 0 Å². The molecule has 0 aliphatic carbocycles. The van der Waals surface area contributed by atoms with E-state index in [9.17, 15) is 0 Å². The summed E-state index contributed by atoms with van der Waals surface area (Å²) in [6, 6.07) is 1.91. The van der Waals surface area contributed by atoms with Crippen LogP contribution in [0.2, 0.25) is 0 Å². The predicted octanol–water partition coefficient (Wildman–Crippen LogP) is 2.54. The average molecular weight is 188 g/mol. The maximum atomic E-state index is 5.63. The van der Waals surface area contributed by atoms with Crippen LogP contribution in [0, 0.1) is 13.8 Å². The maximum absolute atomic E-state index is 5.63. The van der Waals surface area contributed by atoms with Crippen molar-refractivity contribution in [3.05, 3.63) is 35.9 Å². The van der Waals surface area contributed by atoms with Crippen LogP contribution in [-0.2, 0) is 0 Å². The van der Waals surface area contributed by atoms with E-state index in [0.29, 0.717) is 5.69 Å². The molecule has 2 aromatic rings. The standard InChI is InChI=1S/C11H12N2O/c1-7-3-9(12)4-13-11(7)10-6-14-5-8(10)2/h3-6H,12H2,1-2H3. The van der Waals surface area contributed by atoms with Crippen LogP contribution in [-0.4, -0.2) is 4.98 Å². The molecule has 2 N–H and O–H groups in total. The largest absolute Gasteiger partial charge is 0.472 e. The van der Waals surface area contributed by atoms with Crippen molar-refractivity contribution in [1.29, 1.82) is 0 Å². The second kappa shape index (κ2) is 3.18. The van der Waals surface area contributed by atoms with Crippen molar-refractivity contribution < 1.29 is 4.42 Å². The molecule has 0 aromatic carbocycles. The van der Waals surface area contributed by atoms with Gasteiger partial charge in [-0.3, -0.25) is 4.98 Å². The number of nitrogen functional groups attached to an aromatic ring is 1. The molecule has 3 heteroatoms. The molecule has 0 aliphatic heterocycles. The monoisotopic (exact) mass is 188 g/mol. The van der Waals surface area contributed by atoms with Gasteiger partial charge in [0, 0.05) is 5.56 Å². The molecule has 2 heterocycles. The Morgan fingerprint density at radius 3 is 2.57 bits per heavy atom. The molecule has 0 amide bonds. The first kappa shape index (κ1) is 8.81. The number of aryl methyl sites for hydroxylation is 2. The molecule has 3 nitrogen and oxygen atoms in total. The molecule has 0 radical (unpaired) electrons. The molecule has 72 valence electrons. The fourth-order valence-electron chi connectivity index (χ4n) is 1.48. The fraction of sp³-hybridized carbons (Fsp3) is 0.182. The zero-order valence-corrected chi connectivity index (χ0v) is 8.24. The molecule has 0 fully saturated rings. The van der Waals surface area contributed by atoms with E-state index in [4.69, 9.17) is 10.2 Å². The summed E-state index contributed by atoms with van der Waals surface area (Å²) < 4.78 is 5.11. The summed E-state index contributed by atoms with van der Waals surface area (Å²) in [4.78, 5) is 4.30. The van der Waals surface area contributed by atoms with E-state index < -0.39 is 0 Å². The van der Waals surface area contributed by atoms with E-state index in [2.05, 4.69) is 4.98 Å². The Morgan fingerprint density at radius 1 is 1.21 bits per heavy atom. The normalized spacial score (nSPS) is 10.4. The zero-order chi connectivity index (χ0) is 10.1. The first-order valence-corrected chi connectivity index (χ1v) is 4.44. The summed E-state index contributed by atoms with van der Waals surface area (Å²) in [7, 11) is 0. The minimum absolute atomic E-state index is 0.687. The molecule has 0 unspecified atom stereocenters. The number of aromatic nitrogens is 1. The van der Waals surface area contributed by atoms with E-state index >= 15 is 0 Å². The van der Waals surface area contributed by atoms with Crippen LogP contribution in [0.3, 0.4) is 0 Å². The van der Waals surface area contributed by atoms with E-state index in [1.165, 1.54) is 0 Å². The first-order valence-electron chi connectivity index (χ1n) is 4.44. The van der Waals surface area contributed by atoms with Crippen LogP contribution in [0.1, 0.15) is 11.1 Å². The lowest BCUT2D eigenvalue weighted by Crippen LogP contribution is -1.92. The van der Waals surface area contributed by atoms with Crippen LogP contribution >= 0.6 is 0 Å². The lowest BCUT2D eigenvalue weighted by Gasteiger charge is -2.03. The van der Waals surface area contributed by atoms with Crippen LogP contribution in [0.15, 0.2) is 29.2 Å². The minimum Gasteiger partial charge on any atom is -0.472 e. The van der Waals surface area contributed by atoms with Crippen LogP contribution in [0.25, 0.3) is 11.3 Å². The van der Waals surface area contributed by atoms with Gasteiger partial charge in [-0.2, -0.15) is 0 Å². The highest BCUT2D eigenvalue weighted by Gasteiger charge is 2.08. The van der Waals surface area contributed by atoms with Crippen molar-refractivity contribution in [1.82, 2.24) is 4.98 Å². The molecule has 0 aliphatic rings. The summed E-state index contributed by atoms with van der Waals surface area (Å²) >= 11 is 0. The molecule has 2 aromatic heterocycles. The second-order valence-electron chi connectivity index (χ2n) is 3.40. The SMILES string of the molecule is Cc1cocc1-c1ncc(N)cc1C. The lowest BCUT2D eigenvalue weighted by atomic mass is 10.1. The van der Waals surface area contributed by atoms with E-state index in [-0.39, 0.29) is 0 Å². The Kier molecular flexibility index (Phi) is 2.00. The Balaban J connectivity index is 2.58. The van der Waals surface area contributed by atoms with Crippen molar-refractivity contribution >= 4 is 5.69 Å². The van der Waals surface area contributed by atoms with Crippen molar-refractivity contribution in [2.45, 2.75) is 13.8 Å². The number of anilines is 1. The summed E-state index contributed by atoms with van der Waals surface area (Å²) in [5.41, 5.74) is 10.4. The highest BCUT2D eigenvalue weighted by molar-refractivity contribution is 5.66.